The van der Waals surface area contributed by atoms with Crippen LogP contribution in [0.5, 0.6) is 0 Å². The van der Waals surface area contributed by atoms with Gasteiger partial charge in [0, 0.05) is 24.7 Å². The van der Waals surface area contributed by atoms with Gasteiger partial charge in [-0.3, -0.25) is 9.59 Å². The monoisotopic (exact) mass is 339 g/mol. The zero-order chi connectivity index (χ0) is 17.4. The van der Waals surface area contributed by atoms with E-state index in [0.717, 1.165) is 43.6 Å². The van der Waals surface area contributed by atoms with Crippen LogP contribution in [0.3, 0.4) is 0 Å². The van der Waals surface area contributed by atoms with E-state index in [2.05, 4.69) is 15.6 Å². The lowest BCUT2D eigenvalue weighted by Gasteiger charge is -2.18. The summed E-state index contributed by atoms with van der Waals surface area (Å²) < 4.78 is 1.73. The summed E-state index contributed by atoms with van der Waals surface area (Å²) in [5.41, 5.74) is 2.75. The molecule has 0 saturated heterocycles. The molecule has 0 spiro atoms. The van der Waals surface area contributed by atoms with Crippen molar-refractivity contribution in [3.63, 3.8) is 0 Å². The average molecular weight is 339 g/mol. The van der Waals surface area contributed by atoms with E-state index in [9.17, 15) is 9.59 Å². The van der Waals surface area contributed by atoms with Crippen LogP contribution < -0.4 is 5.32 Å². The van der Waals surface area contributed by atoms with Gasteiger partial charge in [0.1, 0.15) is 0 Å². The van der Waals surface area contributed by atoms with Crippen LogP contribution in [0.1, 0.15) is 52.7 Å². The first-order valence-electron chi connectivity index (χ1n) is 8.83. The summed E-state index contributed by atoms with van der Waals surface area (Å²) in [6, 6.07) is 7.61. The minimum absolute atomic E-state index is 0.000179. The van der Waals surface area contributed by atoms with Crippen LogP contribution in [0, 0.1) is 0 Å². The lowest BCUT2D eigenvalue weighted by molar-refractivity contribution is 0.0742. The number of nitrogens with one attached hydrogen (secondary N) is 1. The molecule has 1 aliphatic heterocycles. The molecule has 0 atom stereocenters. The van der Waals surface area contributed by atoms with Crippen molar-refractivity contribution in [1.29, 1.82) is 0 Å². The quantitative estimate of drug-likeness (QED) is 0.917. The Balaban J connectivity index is 1.63. The van der Waals surface area contributed by atoms with E-state index in [-0.39, 0.29) is 11.8 Å². The highest BCUT2D eigenvalue weighted by Crippen LogP contribution is 2.31. The van der Waals surface area contributed by atoms with Crippen LogP contribution in [-0.2, 0) is 6.42 Å². The smallest absolute Gasteiger partial charge is 0.276 e. The maximum Gasteiger partial charge on any atom is 0.276 e. The van der Waals surface area contributed by atoms with Crippen LogP contribution in [0.4, 0.5) is 0 Å². The highest BCUT2D eigenvalue weighted by molar-refractivity contribution is 5.95. The molecule has 7 heteroatoms. The van der Waals surface area contributed by atoms with E-state index in [1.807, 2.05) is 24.0 Å². The third-order valence-electron chi connectivity index (χ3n) is 4.74. The van der Waals surface area contributed by atoms with E-state index >= 15 is 0 Å². The van der Waals surface area contributed by atoms with Crippen molar-refractivity contribution in [2.24, 2.45) is 0 Å². The predicted octanol–water partition coefficient (Wildman–Crippen LogP) is 1.57. The molecule has 4 rings (SSSR count). The van der Waals surface area contributed by atoms with Gasteiger partial charge in [0.25, 0.3) is 11.8 Å². The van der Waals surface area contributed by atoms with E-state index in [1.165, 1.54) is 0 Å². The zero-order valence-electron chi connectivity index (χ0n) is 14.2. The molecular formula is C18H21N5O2. The van der Waals surface area contributed by atoms with Crippen molar-refractivity contribution in [3.8, 4) is 5.69 Å². The number of nitrogens with zero attached hydrogens (tertiary/aromatic N) is 4. The lowest BCUT2D eigenvalue weighted by atomic mass is 10.1. The Morgan fingerprint density at radius 1 is 1.28 bits per heavy atom. The number of amides is 2. The van der Waals surface area contributed by atoms with Gasteiger partial charge in [-0.25, -0.2) is 4.68 Å². The van der Waals surface area contributed by atoms with Crippen molar-refractivity contribution in [1.82, 2.24) is 25.2 Å². The van der Waals surface area contributed by atoms with Gasteiger partial charge in [0.15, 0.2) is 5.69 Å². The summed E-state index contributed by atoms with van der Waals surface area (Å²) in [4.78, 5) is 26.6. The molecule has 2 heterocycles. The fourth-order valence-electron chi connectivity index (χ4n) is 3.31. The molecular weight excluding hydrogens is 318 g/mol. The topological polar surface area (TPSA) is 80.1 Å². The number of fused-ring (bicyclic) bond motifs is 1. The molecule has 0 bridgehead atoms. The Labute approximate surface area is 146 Å². The number of hydrogen-bond acceptors (Lipinski definition) is 4. The van der Waals surface area contributed by atoms with Crippen molar-refractivity contribution in [2.45, 2.75) is 38.6 Å². The van der Waals surface area contributed by atoms with Gasteiger partial charge in [-0.1, -0.05) is 5.21 Å². The second-order valence-corrected chi connectivity index (χ2v) is 6.54. The third kappa shape index (κ3) is 2.90. The summed E-state index contributed by atoms with van der Waals surface area (Å²) in [6.07, 6.45) is 3.88. The van der Waals surface area contributed by atoms with Gasteiger partial charge in [-0.15, -0.1) is 5.10 Å². The summed E-state index contributed by atoms with van der Waals surface area (Å²) in [5, 5.41) is 11.1. The van der Waals surface area contributed by atoms with Crippen LogP contribution in [0.25, 0.3) is 5.69 Å². The number of aromatic nitrogens is 3. The normalized spacial score (nSPS) is 17.2. The predicted molar refractivity (Wildman–Crippen MR) is 91.7 cm³/mol. The van der Waals surface area contributed by atoms with Crippen molar-refractivity contribution < 1.29 is 9.59 Å². The van der Waals surface area contributed by atoms with Crippen LogP contribution in [0.2, 0.25) is 0 Å². The fraction of sp³-hybridized carbons (Fsp3) is 0.444. The first-order chi connectivity index (χ1) is 12.2. The Morgan fingerprint density at radius 2 is 2.04 bits per heavy atom. The molecule has 2 aromatic rings. The zero-order valence-corrected chi connectivity index (χ0v) is 14.2. The van der Waals surface area contributed by atoms with E-state index in [0.29, 0.717) is 23.8 Å². The van der Waals surface area contributed by atoms with Gasteiger partial charge in [0.05, 0.1) is 11.4 Å². The highest BCUT2D eigenvalue weighted by Gasteiger charge is 2.37. The standard InChI is InChI=1S/C18H21N5O2/c1-2-19-17(24)12-5-7-14(8-6-12)23-15-4-3-11-22(13-9-10-13)18(25)16(15)20-21-23/h5-8,13H,2-4,9-11H2,1H3,(H,19,24). The summed E-state index contributed by atoms with van der Waals surface area (Å²) in [7, 11) is 0. The van der Waals surface area contributed by atoms with Gasteiger partial charge in [-0.2, -0.15) is 0 Å². The first kappa shape index (κ1) is 15.8. The molecule has 25 heavy (non-hydrogen) atoms. The van der Waals surface area contributed by atoms with E-state index in [1.54, 1.807) is 16.8 Å². The molecule has 0 radical (unpaired) electrons. The van der Waals surface area contributed by atoms with Crippen LogP contribution >= 0.6 is 0 Å². The Morgan fingerprint density at radius 3 is 2.72 bits per heavy atom. The van der Waals surface area contributed by atoms with Crippen LogP contribution in [0.15, 0.2) is 24.3 Å². The molecule has 1 aromatic heterocycles. The highest BCUT2D eigenvalue weighted by atomic mass is 16.2. The van der Waals surface area contributed by atoms with Gasteiger partial charge in [0.2, 0.25) is 0 Å². The molecule has 0 unspecified atom stereocenters. The first-order valence-corrected chi connectivity index (χ1v) is 8.83. The number of benzene rings is 1. The molecule has 1 fully saturated rings. The Bertz CT molecular complexity index is 807. The van der Waals surface area contributed by atoms with E-state index in [4.69, 9.17) is 0 Å². The maximum atomic E-state index is 12.7. The maximum absolute atomic E-state index is 12.7. The molecule has 2 amide bonds. The van der Waals surface area contributed by atoms with Crippen LogP contribution in [-0.4, -0.2) is 50.8 Å². The van der Waals surface area contributed by atoms with Crippen molar-refractivity contribution in [2.75, 3.05) is 13.1 Å². The third-order valence-corrected chi connectivity index (χ3v) is 4.74. The van der Waals surface area contributed by atoms with Gasteiger partial charge >= 0.3 is 0 Å². The summed E-state index contributed by atoms with van der Waals surface area (Å²) in [5.74, 6) is -0.0954. The molecule has 1 saturated carbocycles. The summed E-state index contributed by atoms with van der Waals surface area (Å²) >= 11 is 0. The Hall–Kier alpha value is -2.70. The molecule has 1 aliphatic carbocycles. The molecule has 2 aliphatic rings. The number of carbonyl (C=O) groups excluding carboxylic acids is 2. The Kier molecular flexibility index (Phi) is 3.99. The number of hydrogen-bond donors (Lipinski definition) is 1. The molecule has 130 valence electrons. The fourth-order valence-corrected chi connectivity index (χ4v) is 3.31. The minimum atomic E-state index is -0.0956. The minimum Gasteiger partial charge on any atom is -0.352 e. The average Bonchev–Trinajstić information content (AvgIpc) is 3.39. The van der Waals surface area contributed by atoms with Gasteiger partial charge in [-0.05, 0) is 56.9 Å². The largest absolute Gasteiger partial charge is 0.352 e. The molecule has 1 N–H and O–H groups in total. The number of carbonyl (C=O) groups is 2. The molecule has 1 aromatic carbocycles. The van der Waals surface area contributed by atoms with E-state index < -0.39 is 0 Å². The second-order valence-electron chi connectivity index (χ2n) is 6.54. The SMILES string of the molecule is CCNC(=O)c1ccc(-n2nnc3c2CCCN(C2CC2)C3=O)cc1. The summed E-state index contributed by atoms with van der Waals surface area (Å²) in [6.45, 7) is 3.27. The van der Waals surface area contributed by atoms with Crippen molar-refractivity contribution >= 4 is 11.8 Å². The van der Waals surface area contributed by atoms with Gasteiger partial charge < -0.3 is 10.2 Å². The molecule has 7 nitrogen and oxygen atoms in total. The number of rotatable bonds is 4. The lowest BCUT2D eigenvalue weighted by Crippen LogP contribution is -2.33. The second kappa shape index (κ2) is 6.31. The van der Waals surface area contributed by atoms with Crippen molar-refractivity contribution in [3.05, 3.63) is 41.2 Å².